The van der Waals surface area contributed by atoms with E-state index in [1.807, 2.05) is 24.3 Å². The first-order chi connectivity index (χ1) is 9.75. The van der Waals surface area contributed by atoms with E-state index in [4.69, 9.17) is 4.74 Å². The molecule has 3 rings (SSSR count). The number of hydrogen-bond donors (Lipinski definition) is 1. The molecule has 0 bridgehead atoms. The molecule has 0 aliphatic heterocycles. The van der Waals surface area contributed by atoms with Gasteiger partial charge in [-0.2, -0.15) is 0 Å². The third-order valence-electron chi connectivity index (χ3n) is 3.77. The largest absolute Gasteiger partial charge is 0.382 e. The lowest BCUT2D eigenvalue weighted by Crippen LogP contribution is -2.18. The Hall–Kier alpha value is -1.81. The summed E-state index contributed by atoms with van der Waals surface area (Å²) in [4.78, 5) is 11.9. The van der Waals surface area contributed by atoms with Gasteiger partial charge in [-0.15, -0.1) is 0 Å². The first kappa shape index (κ1) is 13.2. The van der Waals surface area contributed by atoms with Crippen molar-refractivity contribution in [2.24, 2.45) is 13.0 Å². The molecule has 0 radical (unpaired) electrons. The number of nitrogens with zero attached hydrogens (tertiary/aromatic N) is 1. The van der Waals surface area contributed by atoms with Crippen LogP contribution in [-0.2, 0) is 11.8 Å². The maximum absolute atomic E-state index is 11.9. The molecule has 106 valence electrons. The molecule has 1 N–H and O–H groups in total. The van der Waals surface area contributed by atoms with E-state index in [-0.39, 0.29) is 5.56 Å². The van der Waals surface area contributed by atoms with Crippen LogP contribution in [-0.4, -0.2) is 24.3 Å². The summed E-state index contributed by atoms with van der Waals surface area (Å²) >= 11 is 0. The molecule has 2 aromatic rings. The zero-order chi connectivity index (χ0) is 13.9. The zero-order valence-electron chi connectivity index (χ0n) is 11.8. The molecule has 1 aromatic carbocycles. The average Bonchev–Trinajstić information content (AvgIpc) is 3.28. The topological polar surface area (TPSA) is 43.3 Å². The van der Waals surface area contributed by atoms with Gasteiger partial charge in [-0.3, -0.25) is 4.79 Å². The number of rotatable bonds is 6. The summed E-state index contributed by atoms with van der Waals surface area (Å²) in [6.07, 6.45) is 2.62. The Morgan fingerprint density at radius 1 is 1.35 bits per heavy atom. The number of benzene rings is 1. The summed E-state index contributed by atoms with van der Waals surface area (Å²) < 4.78 is 7.27. The summed E-state index contributed by atoms with van der Waals surface area (Å²) in [6, 6.07) is 9.59. The second-order valence-electron chi connectivity index (χ2n) is 5.42. The second-order valence-corrected chi connectivity index (χ2v) is 5.42. The average molecular weight is 272 g/mol. The minimum atomic E-state index is 0.00472. The Labute approximate surface area is 118 Å². The molecule has 4 heteroatoms. The molecule has 1 saturated carbocycles. The number of pyridine rings is 1. The Kier molecular flexibility index (Phi) is 3.74. The van der Waals surface area contributed by atoms with Gasteiger partial charge in [-0.1, -0.05) is 18.2 Å². The molecule has 0 unspecified atom stereocenters. The molecule has 1 fully saturated rings. The van der Waals surface area contributed by atoms with Crippen molar-refractivity contribution >= 4 is 16.6 Å². The van der Waals surface area contributed by atoms with Crippen LogP contribution in [0.4, 0.5) is 5.69 Å². The zero-order valence-corrected chi connectivity index (χ0v) is 11.8. The number of nitrogens with one attached hydrogen (secondary N) is 1. The monoisotopic (exact) mass is 272 g/mol. The molecule has 0 amide bonds. The predicted molar refractivity (Wildman–Crippen MR) is 81.2 cm³/mol. The Morgan fingerprint density at radius 3 is 2.95 bits per heavy atom. The molecule has 0 saturated heterocycles. The Balaban J connectivity index is 1.70. The molecule has 20 heavy (non-hydrogen) atoms. The third-order valence-corrected chi connectivity index (χ3v) is 3.77. The van der Waals surface area contributed by atoms with Gasteiger partial charge in [-0.05, 0) is 24.8 Å². The molecular weight excluding hydrogens is 252 g/mol. The minimum absolute atomic E-state index is 0.00472. The number of hydrogen-bond acceptors (Lipinski definition) is 3. The van der Waals surface area contributed by atoms with Crippen molar-refractivity contribution in [1.29, 1.82) is 0 Å². The number of ether oxygens (including phenoxy) is 1. The van der Waals surface area contributed by atoms with Crippen LogP contribution in [0.5, 0.6) is 0 Å². The van der Waals surface area contributed by atoms with Gasteiger partial charge in [-0.25, -0.2) is 0 Å². The quantitative estimate of drug-likeness (QED) is 0.821. The van der Waals surface area contributed by atoms with Crippen LogP contribution < -0.4 is 10.9 Å². The summed E-state index contributed by atoms with van der Waals surface area (Å²) in [5.74, 6) is 0.792. The number of aryl methyl sites for hydroxylation is 1. The van der Waals surface area contributed by atoms with Crippen molar-refractivity contribution in [2.45, 2.75) is 12.8 Å². The SMILES string of the molecule is Cn1c(=O)cc(NCCOCC2CC2)c2ccccc21. The molecule has 1 aromatic heterocycles. The second kappa shape index (κ2) is 5.67. The fraction of sp³-hybridized carbons (Fsp3) is 0.438. The normalized spacial score (nSPS) is 14.7. The van der Waals surface area contributed by atoms with Crippen molar-refractivity contribution in [1.82, 2.24) is 4.57 Å². The molecular formula is C16H20N2O2. The smallest absolute Gasteiger partial charge is 0.252 e. The van der Waals surface area contributed by atoms with Crippen molar-refractivity contribution in [3.8, 4) is 0 Å². The van der Waals surface area contributed by atoms with Crippen LogP contribution >= 0.6 is 0 Å². The maximum atomic E-state index is 11.9. The minimum Gasteiger partial charge on any atom is -0.382 e. The van der Waals surface area contributed by atoms with E-state index in [2.05, 4.69) is 5.32 Å². The van der Waals surface area contributed by atoms with E-state index in [1.165, 1.54) is 12.8 Å². The van der Waals surface area contributed by atoms with Crippen molar-refractivity contribution in [3.63, 3.8) is 0 Å². The first-order valence-electron chi connectivity index (χ1n) is 7.16. The van der Waals surface area contributed by atoms with E-state index in [0.717, 1.165) is 35.7 Å². The highest BCUT2D eigenvalue weighted by atomic mass is 16.5. The highest BCUT2D eigenvalue weighted by molar-refractivity contribution is 5.91. The van der Waals surface area contributed by atoms with Gasteiger partial charge in [0, 0.05) is 37.3 Å². The standard InChI is InChI=1S/C16H20N2O2/c1-18-15-5-3-2-4-13(15)14(10-16(18)19)17-8-9-20-11-12-6-7-12/h2-5,10,12,17H,6-9,11H2,1H3. The number of para-hydroxylation sites is 1. The molecule has 0 atom stereocenters. The van der Waals surface area contributed by atoms with Crippen molar-refractivity contribution < 1.29 is 4.74 Å². The number of aromatic nitrogens is 1. The number of anilines is 1. The number of fused-ring (bicyclic) bond motifs is 1. The van der Waals surface area contributed by atoms with Gasteiger partial charge in [0.1, 0.15) is 0 Å². The molecule has 1 aliphatic carbocycles. The highest BCUT2D eigenvalue weighted by Gasteiger charge is 2.20. The summed E-state index contributed by atoms with van der Waals surface area (Å²) in [5.41, 5.74) is 1.84. The summed E-state index contributed by atoms with van der Waals surface area (Å²) in [6.45, 7) is 2.28. The first-order valence-corrected chi connectivity index (χ1v) is 7.16. The van der Waals surface area contributed by atoms with Crippen LogP contribution in [0, 0.1) is 5.92 Å². The van der Waals surface area contributed by atoms with Gasteiger partial charge < -0.3 is 14.6 Å². The highest BCUT2D eigenvalue weighted by Crippen LogP contribution is 2.28. The van der Waals surface area contributed by atoms with E-state index >= 15 is 0 Å². The molecule has 1 heterocycles. The van der Waals surface area contributed by atoms with Crippen LogP contribution in [0.25, 0.3) is 10.9 Å². The predicted octanol–water partition coefficient (Wildman–Crippen LogP) is 2.38. The molecule has 1 aliphatic rings. The van der Waals surface area contributed by atoms with E-state index < -0.39 is 0 Å². The van der Waals surface area contributed by atoms with Crippen LogP contribution in [0.15, 0.2) is 35.1 Å². The van der Waals surface area contributed by atoms with Gasteiger partial charge in [0.2, 0.25) is 0 Å². The van der Waals surface area contributed by atoms with Crippen LogP contribution in [0.3, 0.4) is 0 Å². The van der Waals surface area contributed by atoms with Crippen molar-refractivity contribution in [2.75, 3.05) is 25.1 Å². The Bertz CT molecular complexity index is 659. The fourth-order valence-electron chi connectivity index (χ4n) is 2.35. The van der Waals surface area contributed by atoms with Crippen LogP contribution in [0.2, 0.25) is 0 Å². The van der Waals surface area contributed by atoms with Gasteiger partial charge >= 0.3 is 0 Å². The van der Waals surface area contributed by atoms with E-state index in [1.54, 1.807) is 17.7 Å². The maximum Gasteiger partial charge on any atom is 0.252 e. The van der Waals surface area contributed by atoms with Gasteiger partial charge in [0.05, 0.1) is 12.1 Å². The van der Waals surface area contributed by atoms with E-state index in [9.17, 15) is 4.79 Å². The third kappa shape index (κ3) is 2.85. The summed E-state index contributed by atoms with van der Waals surface area (Å²) in [7, 11) is 1.80. The lowest BCUT2D eigenvalue weighted by molar-refractivity contribution is 0.134. The lowest BCUT2D eigenvalue weighted by Gasteiger charge is -2.12. The molecule has 0 spiro atoms. The lowest BCUT2D eigenvalue weighted by atomic mass is 10.2. The molecule has 4 nitrogen and oxygen atoms in total. The van der Waals surface area contributed by atoms with E-state index in [0.29, 0.717) is 6.61 Å². The Morgan fingerprint density at radius 2 is 2.15 bits per heavy atom. The summed E-state index contributed by atoms with van der Waals surface area (Å²) in [5, 5.41) is 4.38. The van der Waals surface area contributed by atoms with Gasteiger partial charge in [0.25, 0.3) is 5.56 Å². The van der Waals surface area contributed by atoms with Crippen molar-refractivity contribution in [3.05, 3.63) is 40.7 Å². The van der Waals surface area contributed by atoms with Gasteiger partial charge in [0.15, 0.2) is 0 Å². The van der Waals surface area contributed by atoms with Crippen LogP contribution in [0.1, 0.15) is 12.8 Å². The fourth-order valence-corrected chi connectivity index (χ4v) is 2.35.